The zero-order valence-corrected chi connectivity index (χ0v) is 12.3. The highest BCUT2D eigenvalue weighted by atomic mass is 16.7. The molecule has 1 N–H and O–H groups in total. The first kappa shape index (κ1) is 14.3. The molecule has 114 valence electrons. The van der Waals surface area contributed by atoms with E-state index in [1.165, 1.54) is 0 Å². The Kier molecular flexibility index (Phi) is 3.63. The molecule has 0 atom stereocenters. The summed E-state index contributed by atoms with van der Waals surface area (Å²) in [5, 5.41) is 9.38. The van der Waals surface area contributed by atoms with Crippen LogP contribution in [0.15, 0.2) is 36.4 Å². The maximum absolute atomic E-state index is 11.4. The fraction of sp³-hybridized carbons (Fsp3) is 0.235. The van der Waals surface area contributed by atoms with E-state index in [0.717, 1.165) is 11.1 Å². The summed E-state index contributed by atoms with van der Waals surface area (Å²) in [6, 6.07) is 10.7. The summed E-state index contributed by atoms with van der Waals surface area (Å²) in [5.41, 5.74) is 1.79. The van der Waals surface area contributed by atoms with Crippen molar-refractivity contribution < 1.29 is 24.1 Å². The van der Waals surface area contributed by atoms with Crippen LogP contribution in [0.25, 0.3) is 11.1 Å². The van der Waals surface area contributed by atoms with Gasteiger partial charge in [0.05, 0.1) is 6.10 Å². The highest BCUT2D eigenvalue weighted by Crippen LogP contribution is 2.37. The molecule has 0 saturated carbocycles. The normalized spacial score (nSPS) is 12.5. The van der Waals surface area contributed by atoms with Crippen LogP contribution < -0.4 is 14.2 Å². The maximum Gasteiger partial charge on any atom is 0.339 e. The average Bonchev–Trinajstić information content (AvgIpc) is 2.94. The molecule has 0 unspecified atom stereocenters. The molecule has 0 radical (unpaired) electrons. The largest absolute Gasteiger partial charge is 0.490 e. The fourth-order valence-corrected chi connectivity index (χ4v) is 2.31. The second-order valence-electron chi connectivity index (χ2n) is 5.25. The van der Waals surface area contributed by atoms with Crippen LogP contribution in [-0.4, -0.2) is 24.0 Å². The van der Waals surface area contributed by atoms with E-state index in [4.69, 9.17) is 14.2 Å². The first-order valence-electron chi connectivity index (χ1n) is 6.98. The smallest absolute Gasteiger partial charge is 0.339 e. The summed E-state index contributed by atoms with van der Waals surface area (Å²) in [6.45, 7) is 3.93. The molecule has 5 heteroatoms. The lowest BCUT2D eigenvalue weighted by molar-refractivity contribution is 0.0690. The molecule has 0 fully saturated rings. The van der Waals surface area contributed by atoms with Crippen LogP contribution >= 0.6 is 0 Å². The number of aromatic carboxylic acids is 1. The first-order valence-corrected chi connectivity index (χ1v) is 6.98. The molecule has 0 bridgehead atoms. The van der Waals surface area contributed by atoms with E-state index < -0.39 is 5.97 Å². The number of hydrogen-bond acceptors (Lipinski definition) is 4. The van der Waals surface area contributed by atoms with Gasteiger partial charge in [-0.1, -0.05) is 12.1 Å². The van der Waals surface area contributed by atoms with Crippen molar-refractivity contribution in [2.75, 3.05) is 6.79 Å². The minimum Gasteiger partial charge on any atom is -0.490 e. The Labute approximate surface area is 128 Å². The molecule has 2 aromatic carbocycles. The van der Waals surface area contributed by atoms with Crippen LogP contribution in [0.3, 0.4) is 0 Å². The molecule has 5 nitrogen and oxygen atoms in total. The van der Waals surface area contributed by atoms with Crippen LogP contribution in [0.1, 0.15) is 24.2 Å². The monoisotopic (exact) mass is 300 g/mol. The number of carbonyl (C=O) groups is 1. The minimum atomic E-state index is -1.02. The number of carboxylic acids is 1. The minimum absolute atomic E-state index is 0.0884. The third-order valence-corrected chi connectivity index (χ3v) is 3.28. The number of fused-ring (bicyclic) bond motifs is 1. The Balaban J connectivity index is 2.01. The van der Waals surface area contributed by atoms with Crippen molar-refractivity contribution in [3.8, 4) is 28.4 Å². The van der Waals surface area contributed by atoms with E-state index in [9.17, 15) is 9.90 Å². The number of rotatable bonds is 4. The van der Waals surface area contributed by atoms with Crippen LogP contribution in [0.2, 0.25) is 0 Å². The van der Waals surface area contributed by atoms with Gasteiger partial charge in [0.1, 0.15) is 11.3 Å². The van der Waals surface area contributed by atoms with Crippen LogP contribution in [-0.2, 0) is 0 Å². The molecule has 22 heavy (non-hydrogen) atoms. The Morgan fingerprint density at radius 2 is 1.77 bits per heavy atom. The number of carboxylic acid groups (broad SMARTS) is 1. The lowest BCUT2D eigenvalue weighted by Crippen LogP contribution is -2.10. The summed E-state index contributed by atoms with van der Waals surface area (Å²) in [5.74, 6) is 0.712. The van der Waals surface area contributed by atoms with E-state index in [1.54, 1.807) is 12.1 Å². The van der Waals surface area contributed by atoms with E-state index in [1.807, 2.05) is 38.1 Å². The van der Waals surface area contributed by atoms with E-state index in [0.29, 0.717) is 17.2 Å². The van der Waals surface area contributed by atoms with E-state index in [2.05, 4.69) is 0 Å². The lowest BCUT2D eigenvalue weighted by atomic mass is 10.0. The van der Waals surface area contributed by atoms with Crippen LogP contribution in [0, 0.1) is 0 Å². The van der Waals surface area contributed by atoms with Gasteiger partial charge in [0.2, 0.25) is 6.79 Å². The Bertz CT molecular complexity index is 721. The standard InChI is InChI=1S/C17H16O5/c1-10(2)22-14-5-3-11(7-13(14)17(18)19)12-4-6-15-16(8-12)21-9-20-15/h3-8,10H,9H2,1-2H3,(H,18,19). The van der Waals surface area contributed by atoms with Crippen molar-refractivity contribution >= 4 is 5.97 Å². The third-order valence-electron chi connectivity index (χ3n) is 3.28. The zero-order valence-electron chi connectivity index (χ0n) is 12.3. The van der Waals surface area contributed by atoms with Crippen molar-refractivity contribution in [1.29, 1.82) is 0 Å². The van der Waals surface area contributed by atoms with Gasteiger partial charge in [0.25, 0.3) is 0 Å². The maximum atomic E-state index is 11.4. The molecule has 0 aromatic heterocycles. The first-order chi connectivity index (χ1) is 10.5. The second kappa shape index (κ2) is 5.60. The molecule has 1 aliphatic heterocycles. The summed E-state index contributed by atoms with van der Waals surface area (Å²) in [7, 11) is 0. The molecule has 1 aliphatic rings. The van der Waals surface area contributed by atoms with E-state index in [-0.39, 0.29) is 18.5 Å². The van der Waals surface area contributed by atoms with Crippen LogP contribution in [0.4, 0.5) is 0 Å². The number of hydrogen-bond donors (Lipinski definition) is 1. The third kappa shape index (κ3) is 2.70. The van der Waals surface area contributed by atoms with Gasteiger partial charge in [-0.25, -0.2) is 4.79 Å². The molecule has 0 amide bonds. The summed E-state index contributed by atoms with van der Waals surface area (Å²) >= 11 is 0. The van der Waals surface area contributed by atoms with Crippen LogP contribution in [0.5, 0.6) is 17.2 Å². The van der Waals surface area contributed by atoms with Gasteiger partial charge in [-0.15, -0.1) is 0 Å². The van der Waals surface area contributed by atoms with Crippen molar-refractivity contribution in [3.05, 3.63) is 42.0 Å². The Morgan fingerprint density at radius 1 is 1.09 bits per heavy atom. The van der Waals surface area contributed by atoms with Crippen molar-refractivity contribution in [2.24, 2.45) is 0 Å². The van der Waals surface area contributed by atoms with Gasteiger partial charge in [-0.05, 0) is 49.2 Å². The summed E-state index contributed by atoms with van der Waals surface area (Å²) in [4.78, 5) is 11.4. The molecule has 2 aromatic rings. The Hall–Kier alpha value is -2.69. The molecule has 0 aliphatic carbocycles. The molecule has 1 heterocycles. The van der Waals surface area contributed by atoms with Gasteiger partial charge < -0.3 is 19.3 Å². The summed E-state index contributed by atoms with van der Waals surface area (Å²) < 4.78 is 16.2. The second-order valence-corrected chi connectivity index (χ2v) is 5.25. The quantitative estimate of drug-likeness (QED) is 0.935. The predicted octanol–water partition coefficient (Wildman–Crippen LogP) is 3.57. The number of benzene rings is 2. The molecule has 3 rings (SSSR count). The highest BCUT2D eigenvalue weighted by molar-refractivity contribution is 5.92. The topological polar surface area (TPSA) is 65.0 Å². The fourth-order valence-electron chi connectivity index (χ4n) is 2.31. The van der Waals surface area contributed by atoms with E-state index >= 15 is 0 Å². The molecular weight excluding hydrogens is 284 g/mol. The van der Waals surface area contributed by atoms with Crippen molar-refractivity contribution in [3.63, 3.8) is 0 Å². The van der Waals surface area contributed by atoms with Gasteiger partial charge in [-0.3, -0.25) is 0 Å². The van der Waals surface area contributed by atoms with Gasteiger partial charge in [-0.2, -0.15) is 0 Å². The van der Waals surface area contributed by atoms with Crippen molar-refractivity contribution in [2.45, 2.75) is 20.0 Å². The predicted molar refractivity (Wildman–Crippen MR) is 80.7 cm³/mol. The molecule has 0 saturated heterocycles. The van der Waals surface area contributed by atoms with Crippen molar-refractivity contribution in [1.82, 2.24) is 0 Å². The molecular formula is C17H16O5. The lowest BCUT2D eigenvalue weighted by Gasteiger charge is -2.13. The molecule has 0 spiro atoms. The van der Waals surface area contributed by atoms with Gasteiger partial charge in [0, 0.05) is 0 Å². The zero-order chi connectivity index (χ0) is 15.7. The SMILES string of the molecule is CC(C)Oc1ccc(-c2ccc3c(c2)OCO3)cc1C(=O)O. The highest BCUT2D eigenvalue weighted by Gasteiger charge is 2.17. The Morgan fingerprint density at radius 3 is 2.50 bits per heavy atom. The average molecular weight is 300 g/mol. The van der Waals surface area contributed by atoms with Gasteiger partial charge in [0.15, 0.2) is 11.5 Å². The van der Waals surface area contributed by atoms with Gasteiger partial charge >= 0.3 is 5.97 Å². The number of ether oxygens (including phenoxy) is 3. The summed E-state index contributed by atoms with van der Waals surface area (Å²) in [6.07, 6.45) is -0.0884.